The molecule has 1 amide bonds. The van der Waals surface area contributed by atoms with Gasteiger partial charge < -0.3 is 9.64 Å². The molecule has 1 heterocycles. The van der Waals surface area contributed by atoms with Crippen LogP contribution in [0.1, 0.15) is 56.3 Å². The van der Waals surface area contributed by atoms with E-state index in [1.807, 2.05) is 25.0 Å². The van der Waals surface area contributed by atoms with Crippen LogP contribution in [0.2, 0.25) is 0 Å². The number of ether oxygens (including phenoxy) is 1. The maximum absolute atomic E-state index is 14.6. The minimum atomic E-state index is -0.503. The Labute approximate surface area is 153 Å². The lowest BCUT2D eigenvalue weighted by molar-refractivity contribution is 0.0640. The van der Waals surface area contributed by atoms with Gasteiger partial charge in [0.2, 0.25) is 0 Å². The summed E-state index contributed by atoms with van der Waals surface area (Å²) in [5.41, 5.74) is 2.83. The summed E-state index contributed by atoms with van der Waals surface area (Å²) in [7, 11) is 0. The van der Waals surface area contributed by atoms with Crippen molar-refractivity contribution in [1.82, 2.24) is 4.90 Å². The van der Waals surface area contributed by atoms with Gasteiger partial charge in [0.1, 0.15) is 11.6 Å². The Balaban J connectivity index is 1.56. The summed E-state index contributed by atoms with van der Waals surface area (Å²) >= 11 is 0. The van der Waals surface area contributed by atoms with Crippen molar-refractivity contribution < 1.29 is 13.9 Å². The highest BCUT2D eigenvalue weighted by Crippen LogP contribution is 2.37. The molecule has 3 aliphatic rings. The van der Waals surface area contributed by atoms with Gasteiger partial charge in [0, 0.05) is 24.4 Å². The SMILES string of the molecule is CC(C)Oc1ccc(C(=O)N(C2CC2)C2CCC3=C(C=NC3)C2)c(F)c1. The van der Waals surface area contributed by atoms with Crippen LogP contribution in [-0.4, -0.2) is 41.8 Å². The number of benzene rings is 1. The second kappa shape index (κ2) is 6.86. The first-order valence-corrected chi connectivity index (χ1v) is 9.52. The summed E-state index contributed by atoms with van der Waals surface area (Å²) in [6.07, 6.45) is 6.72. The molecule has 0 saturated heterocycles. The largest absolute Gasteiger partial charge is 0.491 e. The van der Waals surface area contributed by atoms with Crippen LogP contribution in [0.15, 0.2) is 34.3 Å². The van der Waals surface area contributed by atoms with E-state index in [2.05, 4.69) is 4.99 Å². The Kier molecular flexibility index (Phi) is 4.55. The molecule has 0 N–H and O–H groups in total. The van der Waals surface area contributed by atoms with Gasteiger partial charge in [-0.15, -0.1) is 0 Å². The lowest BCUT2D eigenvalue weighted by atomic mass is 9.88. The molecule has 1 unspecified atom stereocenters. The number of halogens is 1. The lowest BCUT2D eigenvalue weighted by Gasteiger charge is -2.35. The number of amides is 1. The van der Waals surface area contributed by atoms with Crippen molar-refractivity contribution in [2.75, 3.05) is 6.54 Å². The van der Waals surface area contributed by atoms with Gasteiger partial charge in [0.25, 0.3) is 5.91 Å². The molecule has 0 radical (unpaired) electrons. The fourth-order valence-corrected chi connectivity index (χ4v) is 3.97. The molecule has 1 saturated carbocycles. The average molecular weight is 356 g/mol. The number of carbonyl (C=O) groups is 1. The first kappa shape index (κ1) is 17.3. The summed E-state index contributed by atoms with van der Waals surface area (Å²) < 4.78 is 20.1. The maximum Gasteiger partial charge on any atom is 0.257 e. The number of aliphatic imine (C=N–C) groups is 1. The third-order valence-corrected chi connectivity index (χ3v) is 5.33. The highest BCUT2D eigenvalue weighted by Gasteiger charge is 2.40. The molecule has 4 rings (SSSR count). The zero-order chi connectivity index (χ0) is 18.3. The number of hydrogen-bond acceptors (Lipinski definition) is 3. The van der Waals surface area contributed by atoms with Gasteiger partial charge in [0.15, 0.2) is 0 Å². The second-order valence-corrected chi connectivity index (χ2v) is 7.75. The van der Waals surface area contributed by atoms with Gasteiger partial charge in [0.05, 0.1) is 18.2 Å². The average Bonchev–Trinajstić information content (AvgIpc) is 3.30. The fraction of sp³-hybridized carbons (Fsp3) is 0.524. The molecule has 1 aromatic carbocycles. The minimum Gasteiger partial charge on any atom is -0.491 e. The third-order valence-electron chi connectivity index (χ3n) is 5.33. The van der Waals surface area contributed by atoms with Gasteiger partial charge in [-0.2, -0.15) is 0 Å². The van der Waals surface area contributed by atoms with Crippen molar-refractivity contribution in [3.63, 3.8) is 0 Å². The van der Waals surface area contributed by atoms with Gasteiger partial charge in [-0.25, -0.2) is 4.39 Å². The third kappa shape index (κ3) is 3.39. The number of carbonyl (C=O) groups excluding carboxylic acids is 1. The van der Waals surface area contributed by atoms with Crippen LogP contribution in [0.3, 0.4) is 0 Å². The molecule has 4 nitrogen and oxygen atoms in total. The van der Waals surface area contributed by atoms with E-state index in [0.29, 0.717) is 5.75 Å². The summed E-state index contributed by atoms with van der Waals surface area (Å²) in [6.45, 7) is 4.60. The molecule has 138 valence electrons. The Morgan fingerprint density at radius 3 is 2.77 bits per heavy atom. The summed E-state index contributed by atoms with van der Waals surface area (Å²) in [5, 5.41) is 0. The van der Waals surface area contributed by atoms with Crippen LogP contribution < -0.4 is 4.74 Å². The first-order valence-electron chi connectivity index (χ1n) is 9.52. The molecule has 2 aliphatic carbocycles. The van der Waals surface area contributed by atoms with Crippen LogP contribution in [0.5, 0.6) is 5.75 Å². The molecular weight excluding hydrogens is 331 g/mol. The van der Waals surface area contributed by atoms with Crippen LogP contribution in [-0.2, 0) is 0 Å². The molecular formula is C21H25FN2O2. The van der Waals surface area contributed by atoms with Gasteiger partial charge in [-0.3, -0.25) is 9.79 Å². The van der Waals surface area contributed by atoms with Crippen molar-refractivity contribution in [1.29, 1.82) is 0 Å². The predicted octanol–water partition coefficient (Wildman–Crippen LogP) is 4.15. The standard InChI is InChI=1S/C21H25FN2O2/c1-13(2)26-18-7-8-19(20(22)10-18)21(25)24(16-5-6-16)17-4-3-14-11-23-12-15(14)9-17/h7-8,10,12-13,16-17H,3-6,9,11H2,1-2H3. The Morgan fingerprint density at radius 1 is 1.27 bits per heavy atom. The minimum absolute atomic E-state index is 0.0308. The van der Waals surface area contributed by atoms with E-state index in [-0.39, 0.29) is 29.7 Å². The molecule has 0 aromatic heterocycles. The van der Waals surface area contributed by atoms with Crippen LogP contribution in [0, 0.1) is 5.82 Å². The first-order chi connectivity index (χ1) is 12.5. The lowest BCUT2D eigenvalue weighted by Crippen LogP contribution is -2.43. The molecule has 5 heteroatoms. The van der Waals surface area contributed by atoms with Crippen molar-refractivity contribution in [3.05, 3.63) is 40.7 Å². The van der Waals surface area contributed by atoms with E-state index < -0.39 is 5.82 Å². The monoisotopic (exact) mass is 356 g/mol. The van der Waals surface area contributed by atoms with Gasteiger partial charge >= 0.3 is 0 Å². The van der Waals surface area contributed by atoms with Crippen molar-refractivity contribution in [2.24, 2.45) is 4.99 Å². The Bertz CT molecular complexity index is 780. The number of rotatable bonds is 5. The summed E-state index contributed by atoms with van der Waals surface area (Å²) in [6, 6.07) is 4.97. The van der Waals surface area contributed by atoms with Crippen LogP contribution in [0.4, 0.5) is 4.39 Å². The topological polar surface area (TPSA) is 41.9 Å². The molecule has 0 spiro atoms. The summed E-state index contributed by atoms with van der Waals surface area (Å²) in [4.78, 5) is 19.5. The molecule has 26 heavy (non-hydrogen) atoms. The van der Waals surface area contributed by atoms with E-state index in [1.54, 1.807) is 12.1 Å². The molecule has 1 fully saturated rings. The van der Waals surface area contributed by atoms with E-state index >= 15 is 0 Å². The van der Waals surface area contributed by atoms with Gasteiger partial charge in [-0.05, 0) is 69.2 Å². The normalized spacial score (nSPS) is 21.9. The number of nitrogens with zero attached hydrogens (tertiary/aromatic N) is 2. The van der Waals surface area contributed by atoms with Crippen LogP contribution >= 0.6 is 0 Å². The quantitative estimate of drug-likeness (QED) is 0.795. The Hall–Kier alpha value is -2.17. The van der Waals surface area contributed by atoms with E-state index in [4.69, 9.17) is 4.74 Å². The van der Waals surface area contributed by atoms with E-state index in [1.165, 1.54) is 17.2 Å². The molecule has 1 atom stereocenters. The Morgan fingerprint density at radius 2 is 2.08 bits per heavy atom. The molecule has 1 aromatic rings. The molecule has 0 bridgehead atoms. The molecule has 1 aliphatic heterocycles. The van der Waals surface area contributed by atoms with E-state index in [9.17, 15) is 9.18 Å². The maximum atomic E-state index is 14.6. The van der Waals surface area contributed by atoms with Crippen molar-refractivity contribution in [3.8, 4) is 5.75 Å². The second-order valence-electron chi connectivity index (χ2n) is 7.75. The zero-order valence-electron chi connectivity index (χ0n) is 15.4. The number of hydrogen-bond donors (Lipinski definition) is 0. The van der Waals surface area contributed by atoms with Crippen LogP contribution in [0.25, 0.3) is 0 Å². The highest BCUT2D eigenvalue weighted by molar-refractivity contribution is 5.95. The summed E-state index contributed by atoms with van der Waals surface area (Å²) in [5.74, 6) is -0.233. The zero-order valence-corrected chi connectivity index (χ0v) is 15.4. The van der Waals surface area contributed by atoms with Gasteiger partial charge in [-0.1, -0.05) is 0 Å². The predicted molar refractivity (Wildman–Crippen MR) is 99.4 cm³/mol. The fourth-order valence-electron chi connectivity index (χ4n) is 3.97. The van der Waals surface area contributed by atoms with Crippen molar-refractivity contribution >= 4 is 12.1 Å². The van der Waals surface area contributed by atoms with Crippen molar-refractivity contribution in [2.45, 2.75) is 64.1 Å². The smallest absolute Gasteiger partial charge is 0.257 e. The highest BCUT2D eigenvalue weighted by atomic mass is 19.1. The van der Waals surface area contributed by atoms with E-state index in [0.717, 1.165) is 38.6 Å².